The van der Waals surface area contributed by atoms with Crippen LogP contribution in [-0.4, -0.2) is 11.6 Å². The molecule has 0 spiro atoms. The van der Waals surface area contributed by atoms with Gasteiger partial charge in [-0.15, -0.1) is 0 Å². The van der Waals surface area contributed by atoms with E-state index in [1.54, 1.807) is 18.2 Å². The summed E-state index contributed by atoms with van der Waals surface area (Å²) < 4.78 is 5.47. The van der Waals surface area contributed by atoms with Gasteiger partial charge in [0.05, 0.1) is 16.6 Å². The number of nitrogens with one attached hydrogen (secondary N) is 1. The molecule has 6 heteroatoms. The third kappa shape index (κ3) is 4.53. The SMILES string of the molecule is NNC(=S)CCCOc1ccc(Cl)cc1Cl. The van der Waals surface area contributed by atoms with Gasteiger partial charge in [-0.25, -0.2) is 0 Å². The summed E-state index contributed by atoms with van der Waals surface area (Å²) in [5.74, 6) is 5.76. The zero-order valence-electron chi connectivity index (χ0n) is 8.50. The smallest absolute Gasteiger partial charge is 0.137 e. The number of hydrazine groups is 1. The molecule has 3 N–H and O–H groups in total. The number of rotatable bonds is 5. The molecule has 0 unspecified atom stereocenters. The molecule has 1 aromatic carbocycles. The number of hydrogen-bond donors (Lipinski definition) is 2. The zero-order valence-corrected chi connectivity index (χ0v) is 10.8. The molecule has 0 aromatic heterocycles. The number of benzene rings is 1. The van der Waals surface area contributed by atoms with Crippen LogP contribution in [0.4, 0.5) is 0 Å². The number of thiocarbonyl (C=S) groups is 1. The molecule has 0 fully saturated rings. The second kappa shape index (κ2) is 6.91. The van der Waals surface area contributed by atoms with Crippen LogP contribution < -0.4 is 16.0 Å². The number of nitrogens with two attached hydrogens (primary N) is 1. The van der Waals surface area contributed by atoms with Gasteiger partial charge >= 0.3 is 0 Å². The van der Waals surface area contributed by atoms with E-state index < -0.39 is 0 Å². The van der Waals surface area contributed by atoms with E-state index in [2.05, 4.69) is 5.43 Å². The van der Waals surface area contributed by atoms with Crippen molar-refractivity contribution < 1.29 is 4.74 Å². The Bertz CT molecular complexity index is 374. The fourth-order valence-electron chi connectivity index (χ4n) is 1.08. The largest absolute Gasteiger partial charge is 0.492 e. The minimum atomic E-state index is 0.507. The van der Waals surface area contributed by atoms with Crippen molar-refractivity contribution in [2.75, 3.05) is 6.61 Å². The average molecular weight is 279 g/mol. The molecule has 3 nitrogen and oxygen atoms in total. The van der Waals surface area contributed by atoms with Crippen molar-refractivity contribution in [1.82, 2.24) is 5.43 Å². The minimum absolute atomic E-state index is 0.507. The van der Waals surface area contributed by atoms with Crippen molar-refractivity contribution in [1.29, 1.82) is 0 Å². The predicted molar refractivity (Wildman–Crippen MR) is 71.1 cm³/mol. The topological polar surface area (TPSA) is 47.3 Å². The molecule has 0 amide bonds. The highest BCUT2D eigenvalue weighted by Gasteiger charge is 2.02. The Hall–Kier alpha value is -0.550. The number of halogens is 2. The van der Waals surface area contributed by atoms with Gasteiger partial charge in [0.15, 0.2) is 0 Å². The Morgan fingerprint density at radius 1 is 1.44 bits per heavy atom. The molecule has 0 atom stereocenters. The van der Waals surface area contributed by atoms with Crippen molar-refractivity contribution in [2.45, 2.75) is 12.8 Å². The molecule has 0 heterocycles. The lowest BCUT2D eigenvalue weighted by Crippen LogP contribution is -2.28. The molecule has 1 aromatic rings. The molecule has 0 aliphatic rings. The number of ether oxygens (including phenoxy) is 1. The van der Waals surface area contributed by atoms with Gasteiger partial charge in [0.25, 0.3) is 0 Å². The summed E-state index contributed by atoms with van der Waals surface area (Å²) in [6.07, 6.45) is 1.47. The molecule has 0 bridgehead atoms. The van der Waals surface area contributed by atoms with Gasteiger partial charge in [-0.05, 0) is 24.6 Å². The molecule has 0 aliphatic carbocycles. The maximum atomic E-state index is 5.93. The maximum Gasteiger partial charge on any atom is 0.137 e. The summed E-state index contributed by atoms with van der Waals surface area (Å²) >= 11 is 16.6. The van der Waals surface area contributed by atoms with Gasteiger partial charge in [0.2, 0.25) is 0 Å². The van der Waals surface area contributed by atoms with Gasteiger partial charge in [-0.2, -0.15) is 0 Å². The fraction of sp³-hybridized carbons (Fsp3) is 0.300. The first-order valence-electron chi connectivity index (χ1n) is 4.71. The highest BCUT2D eigenvalue weighted by Crippen LogP contribution is 2.27. The summed E-state index contributed by atoms with van der Waals surface area (Å²) in [6.45, 7) is 0.531. The van der Waals surface area contributed by atoms with E-state index >= 15 is 0 Å². The summed E-state index contributed by atoms with van der Waals surface area (Å²) in [7, 11) is 0. The van der Waals surface area contributed by atoms with Crippen LogP contribution in [0, 0.1) is 0 Å². The van der Waals surface area contributed by atoms with Gasteiger partial charge in [-0.3, -0.25) is 5.84 Å². The lowest BCUT2D eigenvalue weighted by atomic mass is 10.3. The Labute approximate surface area is 110 Å². The van der Waals surface area contributed by atoms with Crippen LogP contribution in [-0.2, 0) is 0 Å². The van der Waals surface area contributed by atoms with E-state index in [0.29, 0.717) is 33.8 Å². The van der Waals surface area contributed by atoms with E-state index in [9.17, 15) is 0 Å². The van der Waals surface area contributed by atoms with Gasteiger partial charge in [0.1, 0.15) is 5.75 Å². The predicted octanol–water partition coefficient (Wildman–Crippen LogP) is 2.94. The summed E-state index contributed by atoms with van der Waals surface area (Å²) in [5.41, 5.74) is 2.41. The maximum absolute atomic E-state index is 5.93. The van der Waals surface area contributed by atoms with Crippen LogP contribution in [0.1, 0.15) is 12.8 Å². The molecule has 0 saturated heterocycles. The van der Waals surface area contributed by atoms with Crippen LogP contribution in [0.5, 0.6) is 5.75 Å². The number of hydrogen-bond acceptors (Lipinski definition) is 3. The van der Waals surface area contributed by atoms with Gasteiger partial charge in [0, 0.05) is 11.4 Å². The molecule has 1 rings (SSSR count). The molecular weight excluding hydrogens is 267 g/mol. The first-order valence-corrected chi connectivity index (χ1v) is 5.87. The van der Waals surface area contributed by atoms with E-state index in [0.717, 1.165) is 6.42 Å². The Balaban J connectivity index is 2.35. The van der Waals surface area contributed by atoms with E-state index in [1.807, 2.05) is 0 Å². The molecule has 0 aliphatic heterocycles. The van der Waals surface area contributed by atoms with Crippen LogP contribution in [0.25, 0.3) is 0 Å². The van der Waals surface area contributed by atoms with Gasteiger partial charge in [-0.1, -0.05) is 35.4 Å². The summed E-state index contributed by atoms with van der Waals surface area (Å²) in [4.78, 5) is 0.616. The third-order valence-electron chi connectivity index (χ3n) is 1.86. The monoisotopic (exact) mass is 278 g/mol. The summed E-state index contributed by atoms with van der Waals surface area (Å²) in [6, 6.07) is 5.11. The standard InChI is InChI=1S/C10H12Cl2N2OS/c11-7-3-4-9(8(12)6-7)15-5-1-2-10(16)14-13/h3-4,6H,1-2,5,13H2,(H,14,16). The van der Waals surface area contributed by atoms with Crippen LogP contribution in [0.15, 0.2) is 18.2 Å². The Kier molecular flexibility index (Phi) is 5.84. The van der Waals surface area contributed by atoms with Crippen LogP contribution >= 0.6 is 35.4 Å². The van der Waals surface area contributed by atoms with Crippen LogP contribution in [0.2, 0.25) is 10.0 Å². The second-order valence-electron chi connectivity index (χ2n) is 3.09. The van der Waals surface area contributed by atoms with E-state index in [-0.39, 0.29) is 0 Å². The molecule has 0 saturated carbocycles. The van der Waals surface area contributed by atoms with Crippen molar-refractivity contribution in [2.24, 2.45) is 5.84 Å². The Morgan fingerprint density at radius 3 is 2.81 bits per heavy atom. The van der Waals surface area contributed by atoms with Crippen LogP contribution in [0.3, 0.4) is 0 Å². The lowest BCUT2D eigenvalue weighted by Gasteiger charge is -2.08. The molecule has 0 radical (unpaired) electrons. The third-order valence-corrected chi connectivity index (χ3v) is 2.71. The molecule has 16 heavy (non-hydrogen) atoms. The highest BCUT2D eigenvalue weighted by molar-refractivity contribution is 7.80. The van der Waals surface area contributed by atoms with Crippen molar-refractivity contribution >= 4 is 40.4 Å². The van der Waals surface area contributed by atoms with E-state index in [1.165, 1.54) is 0 Å². The average Bonchev–Trinajstić information content (AvgIpc) is 2.26. The zero-order chi connectivity index (χ0) is 12.0. The highest BCUT2D eigenvalue weighted by atomic mass is 35.5. The minimum Gasteiger partial charge on any atom is -0.492 e. The second-order valence-corrected chi connectivity index (χ2v) is 4.43. The first kappa shape index (κ1) is 13.5. The Morgan fingerprint density at radius 2 is 2.19 bits per heavy atom. The van der Waals surface area contributed by atoms with Crippen molar-refractivity contribution in [3.05, 3.63) is 28.2 Å². The van der Waals surface area contributed by atoms with Crippen molar-refractivity contribution in [3.8, 4) is 5.75 Å². The van der Waals surface area contributed by atoms with Crippen molar-refractivity contribution in [3.63, 3.8) is 0 Å². The quantitative estimate of drug-likeness (QED) is 0.376. The molecule has 88 valence electrons. The fourth-order valence-corrected chi connectivity index (χ4v) is 1.69. The first-order chi connectivity index (χ1) is 7.63. The lowest BCUT2D eigenvalue weighted by molar-refractivity contribution is 0.313. The molecular formula is C10H12Cl2N2OS. The normalized spacial score (nSPS) is 9.94. The van der Waals surface area contributed by atoms with Gasteiger partial charge < -0.3 is 10.2 Å². The summed E-state index contributed by atoms with van der Waals surface area (Å²) in [5, 5.41) is 1.10. The van der Waals surface area contributed by atoms with E-state index in [4.69, 9.17) is 46.0 Å².